The van der Waals surface area contributed by atoms with Crippen LogP contribution >= 0.6 is 0 Å². The number of hydrogen-bond acceptors (Lipinski definition) is 12. The van der Waals surface area contributed by atoms with Gasteiger partial charge in [0.25, 0.3) is 11.9 Å². The van der Waals surface area contributed by atoms with Gasteiger partial charge in [0.05, 0.1) is 25.7 Å². The van der Waals surface area contributed by atoms with Crippen LogP contribution in [0.25, 0.3) is 0 Å². The van der Waals surface area contributed by atoms with E-state index in [9.17, 15) is 9.59 Å². The Balaban J connectivity index is 0. The van der Waals surface area contributed by atoms with E-state index in [1.165, 1.54) is 13.8 Å². The van der Waals surface area contributed by atoms with Gasteiger partial charge in [0.2, 0.25) is 8.32 Å². The lowest BCUT2D eigenvalue weighted by Crippen LogP contribution is -2.41. The zero-order valence-corrected chi connectivity index (χ0v) is 29.9. The Morgan fingerprint density at radius 1 is 0.769 bits per heavy atom. The summed E-state index contributed by atoms with van der Waals surface area (Å²) < 4.78 is 41.4. The summed E-state index contributed by atoms with van der Waals surface area (Å²) in [5.41, 5.74) is 0. The van der Waals surface area contributed by atoms with Crippen LogP contribution in [0.3, 0.4) is 0 Å². The van der Waals surface area contributed by atoms with Gasteiger partial charge in [-0.1, -0.05) is 0 Å². The van der Waals surface area contributed by atoms with E-state index < -0.39 is 45.7 Å². The van der Waals surface area contributed by atoms with E-state index in [1.807, 2.05) is 0 Å². The van der Waals surface area contributed by atoms with Gasteiger partial charge in [-0.15, -0.1) is 0 Å². The number of carbonyl (C=O) groups excluding carboxylic acids is 2. The molecule has 0 bridgehead atoms. The Bertz CT molecular complexity index is 647. The summed E-state index contributed by atoms with van der Waals surface area (Å²) in [7, 11) is -1.58. The van der Waals surface area contributed by atoms with Crippen molar-refractivity contribution in [3.8, 4) is 0 Å². The van der Waals surface area contributed by atoms with Crippen LogP contribution in [-0.2, 0) is 45.6 Å². The Morgan fingerprint density at radius 2 is 1.28 bits per heavy atom. The zero-order valence-electron chi connectivity index (χ0n) is 25.9. The number of carbonyl (C=O) groups is 2. The molecule has 39 heavy (non-hydrogen) atoms. The van der Waals surface area contributed by atoms with E-state index in [0.717, 1.165) is 18.7 Å². The molecule has 12 nitrogen and oxygen atoms in total. The average molecular weight is 635 g/mol. The third-order valence-corrected chi connectivity index (χ3v) is 17.2. The molecule has 1 heterocycles. The third kappa shape index (κ3) is 21.8. The highest BCUT2D eigenvalue weighted by atomic mass is 28.4. The van der Waals surface area contributed by atoms with Gasteiger partial charge in [0.15, 0.2) is 8.32 Å². The predicted octanol–water partition coefficient (Wildman–Crippen LogP) is 2.46. The molecule has 0 aromatic carbocycles. The molecular formula is C23H54O12Si4. The molecular weight excluding hydrogens is 581 g/mol. The van der Waals surface area contributed by atoms with E-state index in [0.29, 0.717) is 25.7 Å². The van der Waals surface area contributed by atoms with Gasteiger partial charge in [0.1, 0.15) is 6.10 Å². The first kappa shape index (κ1) is 40.6. The van der Waals surface area contributed by atoms with Crippen molar-refractivity contribution in [1.82, 2.24) is 0 Å². The summed E-state index contributed by atoms with van der Waals surface area (Å²) in [4.78, 5) is 22.0. The van der Waals surface area contributed by atoms with Crippen molar-refractivity contribution in [2.24, 2.45) is 0 Å². The topological polar surface area (TPSA) is 152 Å². The lowest BCUT2D eigenvalue weighted by Gasteiger charge is -2.27. The fraction of sp³-hybridized carbons (Fsp3) is 0.913. The third-order valence-electron chi connectivity index (χ3n) is 6.13. The maximum atomic E-state index is 11.0. The highest BCUT2D eigenvalue weighted by molar-refractivity contribution is 6.77. The Hall–Kier alpha value is -0.512. The summed E-state index contributed by atoms with van der Waals surface area (Å²) in [5, 5.41) is 17.8. The summed E-state index contributed by atoms with van der Waals surface area (Å²) in [6.07, 6.45) is 1.16. The Morgan fingerprint density at radius 3 is 1.59 bits per heavy atom. The quantitative estimate of drug-likeness (QED) is 0.137. The largest absolute Gasteiger partial charge is 0.485 e. The molecule has 2 N–H and O–H groups in total. The van der Waals surface area contributed by atoms with Crippen molar-refractivity contribution >= 4 is 45.7 Å². The summed E-state index contributed by atoms with van der Waals surface area (Å²) in [6.45, 7) is 14.5. The van der Waals surface area contributed by atoms with Crippen molar-refractivity contribution in [1.29, 1.82) is 0 Å². The van der Waals surface area contributed by atoms with Crippen molar-refractivity contribution in [2.45, 2.75) is 77.2 Å². The van der Waals surface area contributed by atoms with Crippen LogP contribution in [0.5, 0.6) is 0 Å². The van der Waals surface area contributed by atoms with E-state index >= 15 is 0 Å². The molecule has 0 aliphatic carbocycles. The van der Waals surface area contributed by atoms with Gasteiger partial charge < -0.3 is 46.2 Å². The summed E-state index contributed by atoms with van der Waals surface area (Å²) >= 11 is 0. The van der Waals surface area contributed by atoms with Crippen LogP contribution in [0, 0.1) is 0 Å². The van der Waals surface area contributed by atoms with Crippen molar-refractivity contribution in [3.05, 3.63) is 0 Å². The minimum atomic E-state index is -2.75. The molecule has 1 rings (SSSR count). The summed E-state index contributed by atoms with van der Waals surface area (Å²) in [6, 6.07) is 2.60. The van der Waals surface area contributed by atoms with Crippen LogP contribution in [0.4, 0.5) is 0 Å². The molecule has 1 aliphatic heterocycles. The SMILES string of the molecule is CC(=O)O[Si](C)(CCCOCC1CO1)OC(C)=O.CO[Si](C)(C)CC[Si](C)(CO)OC.CO[Si](C)(CO)OC. The van der Waals surface area contributed by atoms with E-state index in [-0.39, 0.29) is 18.6 Å². The normalized spacial score (nSPS) is 16.6. The van der Waals surface area contributed by atoms with E-state index in [4.69, 9.17) is 46.2 Å². The van der Waals surface area contributed by atoms with Gasteiger partial charge in [-0.2, -0.15) is 0 Å². The number of rotatable bonds is 17. The average Bonchev–Trinajstić information content (AvgIpc) is 3.71. The molecule has 2 unspecified atom stereocenters. The van der Waals surface area contributed by atoms with Gasteiger partial charge in [-0.3, -0.25) is 9.59 Å². The first-order valence-corrected chi connectivity index (χ1v) is 24.0. The molecule has 16 heteroatoms. The van der Waals surface area contributed by atoms with E-state index in [1.54, 1.807) is 41.5 Å². The minimum absolute atomic E-state index is 0.0139. The zero-order chi connectivity index (χ0) is 30.8. The lowest BCUT2D eigenvalue weighted by atomic mass is 10.5. The molecule has 0 aromatic rings. The van der Waals surface area contributed by atoms with Crippen LogP contribution in [0.2, 0.25) is 50.9 Å². The molecule has 0 spiro atoms. The fourth-order valence-corrected chi connectivity index (χ4v) is 10.6. The maximum Gasteiger partial charge on any atom is 0.461 e. The smallest absolute Gasteiger partial charge is 0.461 e. The van der Waals surface area contributed by atoms with Crippen LogP contribution in [0.15, 0.2) is 0 Å². The van der Waals surface area contributed by atoms with Gasteiger partial charge >= 0.3 is 17.1 Å². The highest BCUT2D eigenvalue weighted by Crippen LogP contribution is 2.20. The van der Waals surface area contributed by atoms with Gasteiger partial charge in [0, 0.05) is 61.5 Å². The molecule has 0 aromatic heterocycles. The molecule has 2 atom stereocenters. The molecule has 0 saturated carbocycles. The molecule has 1 fully saturated rings. The number of epoxide rings is 1. The molecule has 0 radical (unpaired) electrons. The molecule has 1 saturated heterocycles. The van der Waals surface area contributed by atoms with Crippen molar-refractivity contribution < 1.29 is 55.8 Å². The van der Waals surface area contributed by atoms with Gasteiger partial charge in [-0.05, 0) is 44.7 Å². The van der Waals surface area contributed by atoms with Crippen molar-refractivity contribution in [3.63, 3.8) is 0 Å². The second kappa shape index (κ2) is 20.4. The van der Waals surface area contributed by atoms with Gasteiger partial charge in [-0.25, -0.2) is 0 Å². The van der Waals surface area contributed by atoms with E-state index in [2.05, 4.69) is 19.6 Å². The Labute approximate surface area is 239 Å². The lowest BCUT2D eigenvalue weighted by molar-refractivity contribution is -0.138. The predicted molar refractivity (Wildman–Crippen MR) is 158 cm³/mol. The maximum absolute atomic E-state index is 11.0. The molecule has 1 aliphatic rings. The minimum Gasteiger partial charge on any atom is -0.485 e. The number of ether oxygens (including phenoxy) is 2. The second-order valence-corrected chi connectivity index (χ2v) is 25.6. The second-order valence-electron chi connectivity index (χ2n) is 10.4. The summed E-state index contributed by atoms with van der Waals surface area (Å²) in [5.74, 6) is -0.838. The number of aliphatic hydroxyl groups is 2. The molecule has 234 valence electrons. The first-order valence-electron chi connectivity index (χ1n) is 13.0. The number of aliphatic hydroxyl groups excluding tert-OH is 2. The van der Waals surface area contributed by atoms with Crippen LogP contribution in [-0.4, -0.2) is 123 Å². The van der Waals surface area contributed by atoms with Crippen LogP contribution in [0.1, 0.15) is 20.3 Å². The standard InChI is InChI=1S/C11H20O6Si.C8H22O3Si2.C4H12O3Si/c1-9(12)16-18(3,17-10(2)13)6-4-5-14-7-11-8-15-11;1-10-12(3,4)6-7-13(5,8-9)11-2;1-6-8(3,4-5)7-2/h11H,4-8H2,1-3H3;9H,6-8H2,1-5H3;5H,4H2,1-3H3. The first-order chi connectivity index (χ1) is 18.0. The van der Waals surface area contributed by atoms with Crippen LogP contribution < -0.4 is 0 Å². The number of hydrogen-bond donors (Lipinski definition) is 2. The molecule has 0 amide bonds. The van der Waals surface area contributed by atoms with Crippen molar-refractivity contribution in [2.75, 3.05) is 60.7 Å². The monoisotopic (exact) mass is 634 g/mol. The fourth-order valence-electron chi connectivity index (χ4n) is 2.73. The Kier molecular flexibility index (Phi) is 21.2. The highest BCUT2D eigenvalue weighted by Gasteiger charge is 2.37.